The van der Waals surface area contributed by atoms with Gasteiger partial charge in [0.05, 0.1) is 12.1 Å². The van der Waals surface area contributed by atoms with Gasteiger partial charge in [-0.1, -0.05) is 6.08 Å². The molecule has 90 valence electrons. The maximum Gasteiger partial charge on any atom is 0.326 e. The summed E-state index contributed by atoms with van der Waals surface area (Å²) in [6.45, 7) is 3.49. The normalized spacial score (nSPS) is 26.5. The molecule has 0 aromatic rings. The maximum atomic E-state index is 11.8. The zero-order valence-corrected chi connectivity index (χ0v) is 8.87. The standard InChI is InChI=1S/C10H16N2O4/c1-2-3-7(11)9(14)12-5-6(13)4-8(12)10(15)16/h2,6-8,13H,1,3-5,11H2,(H,15,16). The van der Waals surface area contributed by atoms with E-state index in [2.05, 4.69) is 6.58 Å². The molecule has 6 nitrogen and oxygen atoms in total. The third-order valence-corrected chi connectivity index (χ3v) is 2.58. The first-order valence-corrected chi connectivity index (χ1v) is 5.05. The largest absolute Gasteiger partial charge is 0.480 e. The number of β-amino-alcohol motifs (C(OH)–C–C–N with tert-alkyl or cyclic N) is 1. The highest BCUT2D eigenvalue weighted by atomic mass is 16.4. The summed E-state index contributed by atoms with van der Waals surface area (Å²) in [6, 6.07) is -1.76. The fourth-order valence-corrected chi connectivity index (χ4v) is 1.78. The van der Waals surface area contributed by atoms with Crippen molar-refractivity contribution in [3.05, 3.63) is 12.7 Å². The zero-order valence-electron chi connectivity index (χ0n) is 8.87. The minimum atomic E-state index is -1.12. The number of carbonyl (C=O) groups is 2. The Balaban J connectivity index is 2.73. The van der Waals surface area contributed by atoms with Gasteiger partial charge >= 0.3 is 5.97 Å². The van der Waals surface area contributed by atoms with Gasteiger partial charge in [0.25, 0.3) is 0 Å². The molecular weight excluding hydrogens is 212 g/mol. The Morgan fingerprint density at radius 3 is 2.75 bits per heavy atom. The van der Waals surface area contributed by atoms with Crippen LogP contribution in [0.2, 0.25) is 0 Å². The maximum absolute atomic E-state index is 11.8. The van der Waals surface area contributed by atoms with Gasteiger partial charge in [-0.25, -0.2) is 4.79 Å². The highest BCUT2D eigenvalue weighted by molar-refractivity contribution is 5.87. The quantitative estimate of drug-likeness (QED) is 0.532. The van der Waals surface area contributed by atoms with Gasteiger partial charge in [0.15, 0.2) is 0 Å². The van der Waals surface area contributed by atoms with E-state index in [1.165, 1.54) is 6.08 Å². The van der Waals surface area contributed by atoms with Gasteiger partial charge in [0, 0.05) is 13.0 Å². The summed E-state index contributed by atoms with van der Waals surface area (Å²) in [5.41, 5.74) is 5.58. The van der Waals surface area contributed by atoms with Gasteiger partial charge in [0.1, 0.15) is 6.04 Å². The number of aliphatic hydroxyl groups is 1. The van der Waals surface area contributed by atoms with E-state index in [-0.39, 0.29) is 19.4 Å². The average molecular weight is 228 g/mol. The molecule has 1 amide bonds. The summed E-state index contributed by atoms with van der Waals surface area (Å²) in [4.78, 5) is 23.8. The van der Waals surface area contributed by atoms with Crippen LogP contribution in [0.4, 0.5) is 0 Å². The Hall–Kier alpha value is -1.40. The van der Waals surface area contributed by atoms with E-state index in [0.717, 1.165) is 4.90 Å². The molecule has 3 unspecified atom stereocenters. The van der Waals surface area contributed by atoms with Gasteiger partial charge in [-0.3, -0.25) is 4.79 Å². The van der Waals surface area contributed by atoms with Crippen LogP contribution in [-0.2, 0) is 9.59 Å². The molecule has 1 fully saturated rings. The first kappa shape index (κ1) is 12.7. The summed E-state index contributed by atoms with van der Waals surface area (Å²) in [5.74, 6) is -1.57. The van der Waals surface area contributed by atoms with E-state index in [4.69, 9.17) is 10.8 Å². The SMILES string of the molecule is C=CCC(N)C(=O)N1CC(O)CC1C(=O)O. The number of hydrogen-bond acceptors (Lipinski definition) is 4. The molecule has 4 N–H and O–H groups in total. The number of rotatable bonds is 4. The summed E-state index contributed by atoms with van der Waals surface area (Å²) in [7, 11) is 0. The van der Waals surface area contributed by atoms with Gasteiger partial charge in [-0.15, -0.1) is 6.58 Å². The number of likely N-dealkylation sites (tertiary alicyclic amines) is 1. The second-order valence-corrected chi connectivity index (χ2v) is 3.87. The van der Waals surface area contributed by atoms with Crippen molar-refractivity contribution in [2.75, 3.05) is 6.54 Å². The van der Waals surface area contributed by atoms with Crippen LogP contribution in [0.5, 0.6) is 0 Å². The summed E-state index contributed by atoms with van der Waals surface area (Å²) >= 11 is 0. The van der Waals surface area contributed by atoms with Crippen molar-refractivity contribution in [2.24, 2.45) is 5.73 Å². The minimum absolute atomic E-state index is 0.0284. The molecule has 1 aliphatic heterocycles. The van der Waals surface area contributed by atoms with Crippen molar-refractivity contribution in [3.63, 3.8) is 0 Å². The van der Waals surface area contributed by atoms with E-state index in [1.54, 1.807) is 0 Å². The Labute approximate surface area is 93.3 Å². The summed E-state index contributed by atoms with van der Waals surface area (Å²) in [5, 5.41) is 18.3. The first-order chi connectivity index (χ1) is 7.47. The second kappa shape index (κ2) is 5.09. The molecule has 0 aromatic carbocycles. The van der Waals surface area contributed by atoms with Gasteiger partial charge in [0.2, 0.25) is 5.91 Å². The third kappa shape index (κ3) is 2.59. The van der Waals surface area contributed by atoms with Gasteiger partial charge in [-0.05, 0) is 6.42 Å². The minimum Gasteiger partial charge on any atom is -0.480 e. The third-order valence-electron chi connectivity index (χ3n) is 2.58. The Morgan fingerprint density at radius 1 is 1.62 bits per heavy atom. The fourth-order valence-electron chi connectivity index (χ4n) is 1.78. The monoisotopic (exact) mass is 228 g/mol. The number of carbonyl (C=O) groups excluding carboxylic acids is 1. The lowest BCUT2D eigenvalue weighted by Gasteiger charge is -2.23. The van der Waals surface area contributed by atoms with E-state index >= 15 is 0 Å². The van der Waals surface area contributed by atoms with Gasteiger partial charge < -0.3 is 20.8 Å². The highest BCUT2D eigenvalue weighted by Gasteiger charge is 2.40. The van der Waals surface area contributed by atoms with Crippen molar-refractivity contribution in [3.8, 4) is 0 Å². The predicted octanol–water partition coefficient (Wildman–Crippen LogP) is -1.06. The van der Waals surface area contributed by atoms with Crippen LogP contribution < -0.4 is 5.73 Å². The van der Waals surface area contributed by atoms with Crippen molar-refractivity contribution in [1.29, 1.82) is 0 Å². The predicted molar refractivity (Wildman–Crippen MR) is 56.6 cm³/mol. The lowest BCUT2D eigenvalue weighted by Crippen LogP contribution is -2.48. The molecule has 0 spiro atoms. The lowest BCUT2D eigenvalue weighted by molar-refractivity contribution is -0.148. The summed E-state index contributed by atoms with van der Waals surface area (Å²) in [6.07, 6.45) is 1.06. The zero-order chi connectivity index (χ0) is 12.3. The molecule has 6 heteroatoms. The number of nitrogens with zero attached hydrogens (tertiary/aromatic N) is 1. The Kier molecular flexibility index (Phi) is 4.03. The topological polar surface area (TPSA) is 104 Å². The number of carboxylic acid groups (broad SMARTS) is 1. The van der Waals surface area contributed by atoms with Crippen molar-refractivity contribution < 1.29 is 19.8 Å². The number of carboxylic acids is 1. The van der Waals surface area contributed by atoms with Crippen LogP contribution in [-0.4, -0.2) is 51.7 Å². The molecule has 0 aliphatic carbocycles. The van der Waals surface area contributed by atoms with E-state index in [0.29, 0.717) is 0 Å². The highest BCUT2D eigenvalue weighted by Crippen LogP contribution is 2.19. The number of aliphatic carboxylic acids is 1. The van der Waals surface area contributed by atoms with Crippen molar-refractivity contribution >= 4 is 11.9 Å². The van der Waals surface area contributed by atoms with Crippen LogP contribution in [0.3, 0.4) is 0 Å². The Morgan fingerprint density at radius 2 is 2.25 bits per heavy atom. The fraction of sp³-hybridized carbons (Fsp3) is 0.600. The second-order valence-electron chi connectivity index (χ2n) is 3.87. The molecule has 1 rings (SSSR count). The molecule has 16 heavy (non-hydrogen) atoms. The van der Waals surface area contributed by atoms with E-state index in [1.807, 2.05) is 0 Å². The first-order valence-electron chi connectivity index (χ1n) is 5.05. The molecule has 0 saturated carbocycles. The smallest absolute Gasteiger partial charge is 0.326 e. The molecular formula is C10H16N2O4. The van der Waals surface area contributed by atoms with Crippen molar-refractivity contribution in [2.45, 2.75) is 31.0 Å². The van der Waals surface area contributed by atoms with Crippen LogP contribution in [0, 0.1) is 0 Å². The number of nitrogens with two attached hydrogens (primary N) is 1. The van der Waals surface area contributed by atoms with Crippen LogP contribution >= 0.6 is 0 Å². The molecule has 3 atom stereocenters. The number of hydrogen-bond donors (Lipinski definition) is 3. The van der Waals surface area contributed by atoms with E-state index < -0.39 is 30.1 Å². The van der Waals surface area contributed by atoms with Crippen molar-refractivity contribution in [1.82, 2.24) is 4.90 Å². The molecule has 0 bridgehead atoms. The Bertz CT molecular complexity index is 305. The van der Waals surface area contributed by atoms with Crippen LogP contribution in [0.1, 0.15) is 12.8 Å². The molecule has 1 heterocycles. The summed E-state index contributed by atoms with van der Waals surface area (Å²) < 4.78 is 0. The molecule has 0 radical (unpaired) electrons. The number of aliphatic hydroxyl groups excluding tert-OH is 1. The lowest BCUT2D eigenvalue weighted by atomic mass is 10.1. The van der Waals surface area contributed by atoms with Crippen LogP contribution in [0.25, 0.3) is 0 Å². The van der Waals surface area contributed by atoms with E-state index in [9.17, 15) is 14.7 Å². The molecule has 1 aliphatic rings. The van der Waals surface area contributed by atoms with Crippen LogP contribution in [0.15, 0.2) is 12.7 Å². The van der Waals surface area contributed by atoms with Gasteiger partial charge in [-0.2, -0.15) is 0 Å². The molecule has 1 saturated heterocycles. The number of amides is 1. The average Bonchev–Trinajstić information content (AvgIpc) is 2.59. The molecule has 0 aromatic heterocycles.